The Hall–Kier alpha value is -1.20. The molecule has 1 aliphatic rings. The SMILES string of the molecule is Cc1nc(N2CCN(C(C)(C)C)CC2)ncc1CO. The number of hydrogen-bond donors (Lipinski definition) is 1. The van der Waals surface area contributed by atoms with E-state index in [1.165, 1.54) is 0 Å². The fourth-order valence-corrected chi connectivity index (χ4v) is 2.36. The summed E-state index contributed by atoms with van der Waals surface area (Å²) >= 11 is 0. The molecule has 0 bridgehead atoms. The third-order valence-corrected chi connectivity index (χ3v) is 3.75. The van der Waals surface area contributed by atoms with Crippen LogP contribution < -0.4 is 4.90 Å². The molecule has 5 heteroatoms. The first-order valence-electron chi connectivity index (χ1n) is 6.85. The van der Waals surface area contributed by atoms with Gasteiger partial charge in [-0.1, -0.05) is 0 Å². The molecule has 1 aliphatic heterocycles. The molecular weight excluding hydrogens is 240 g/mol. The zero-order chi connectivity index (χ0) is 14.0. The lowest BCUT2D eigenvalue weighted by atomic mass is 10.1. The molecule has 0 aromatic carbocycles. The molecule has 0 unspecified atom stereocenters. The first kappa shape index (κ1) is 14.2. The van der Waals surface area contributed by atoms with Crippen molar-refractivity contribution < 1.29 is 5.11 Å². The molecule has 0 radical (unpaired) electrons. The maximum absolute atomic E-state index is 9.14. The minimum Gasteiger partial charge on any atom is -0.392 e. The predicted octanol–water partition coefficient (Wildman–Crippen LogP) is 1.20. The summed E-state index contributed by atoms with van der Waals surface area (Å²) in [5.74, 6) is 0.781. The number of nitrogens with zero attached hydrogens (tertiary/aromatic N) is 4. The van der Waals surface area contributed by atoms with Crippen LogP contribution in [-0.2, 0) is 6.61 Å². The summed E-state index contributed by atoms with van der Waals surface area (Å²) in [4.78, 5) is 13.6. The maximum atomic E-state index is 9.14. The first-order chi connectivity index (χ1) is 8.91. The van der Waals surface area contributed by atoms with E-state index in [2.05, 4.69) is 40.5 Å². The zero-order valence-electron chi connectivity index (χ0n) is 12.3. The molecule has 0 atom stereocenters. The van der Waals surface area contributed by atoms with Gasteiger partial charge in [-0.25, -0.2) is 9.97 Å². The van der Waals surface area contributed by atoms with Gasteiger partial charge >= 0.3 is 0 Å². The highest BCUT2D eigenvalue weighted by atomic mass is 16.3. The summed E-state index contributed by atoms with van der Waals surface area (Å²) in [6.07, 6.45) is 1.73. The Bertz CT molecular complexity index is 434. The monoisotopic (exact) mass is 264 g/mol. The zero-order valence-corrected chi connectivity index (χ0v) is 12.3. The molecule has 2 heterocycles. The maximum Gasteiger partial charge on any atom is 0.225 e. The van der Waals surface area contributed by atoms with Crippen LogP contribution in [0.5, 0.6) is 0 Å². The molecule has 0 saturated carbocycles. The second kappa shape index (κ2) is 5.43. The van der Waals surface area contributed by atoms with Crippen molar-refractivity contribution in [3.05, 3.63) is 17.5 Å². The van der Waals surface area contributed by atoms with E-state index in [4.69, 9.17) is 5.11 Å². The van der Waals surface area contributed by atoms with Gasteiger partial charge in [0.2, 0.25) is 5.95 Å². The van der Waals surface area contributed by atoms with Crippen molar-refractivity contribution in [1.82, 2.24) is 14.9 Å². The molecule has 106 valence electrons. The molecule has 1 fully saturated rings. The minimum atomic E-state index is 0.00388. The van der Waals surface area contributed by atoms with Crippen LogP contribution in [0.1, 0.15) is 32.0 Å². The summed E-state index contributed by atoms with van der Waals surface area (Å²) in [5.41, 5.74) is 1.90. The van der Waals surface area contributed by atoms with Crippen molar-refractivity contribution in [2.45, 2.75) is 39.8 Å². The van der Waals surface area contributed by atoms with Crippen LogP contribution >= 0.6 is 0 Å². The number of rotatable bonds is 2. The van der Waals surface area contributed by atoms with E-state index >= 15 is 0 Å². The number of aromatic nitrogens is 2. The Morgan fingerprint density at radius 1 is 1.21 bits per heavy atom. The summed E-state index contributed by atoms with van der Waals surface area (Å²) < 4.78 is 0. The number of anilines is 1. The highest BCUT2D eigenvalue weighted by molar-refractivity contribution is 5.33. The van der Waals surface area contributed by atoms with E-state index in [0.717, 1.165) is 43.4 Å². The topological polar surface area (TPSA) is 52.5 Å². The molecule has 0 aliphatic carbocycles. The molecule has 2 rings (SSSR count). The van der Waals surface area contributed by atoms with E-state index in [0.29, 0.717) is 0 Å². The summed E-state index contributed by atoms with van der Waals surface area (Å²) in [6, 6.07) is 0. The predicted molar refractivity (Wildman–Crippen MR) is 76.2 cm³/mol. The van der Waals surface area contributed by atoms with Gasteiger partial charge < -0.3 is 10.0 Å². The van der Waals surface area contributed by atoms with Gasteiger partial charge in [-0.3, -0.25) is 4.90 Å². The Morgan fingerprint density at radius 2 is 1.84 bits per heavy atom. The number of aryl methyl sites for hydroxylation is 1. The lowest BCUT2D eigenvalue weighted by molar-refractivity contribution is 0.128. The van der Waals surface area contributed by atoms with E-state index in [9.17, 15) is 0 Å². The smallest absolute Gasteiger partial charge is 0.225 e. The van der Waals surface area contributed by atoms with Gasteiger partial charge in [0, 0.05) is 49.2 Å². The lowest BCUT2D eigenvalue weighted by Crippen LogP contribution is -2.53. The van der Waals surface area contributed by atoms with Crippen molar-refractivity contribution in [2.24, 2.45) is 0 Å². The molecule has 19 heavy (non-hydrogen) atoms. The molecular formula is C14H24N4O. The number of piperazine rings is 1. The van der Waals surface area contributed by atoms with Gasteiger partial charge in [0.15, 0.2) is 0 Å². The van der Waals surface area contributed by atoms with Gasteiger partial charge in [-0.2, -0.15) is 0 Å². The second-order valence-corrected chi connectivity index (χ2v) is 6.08. The molecule has 1 aromatic rings. The molecule has 0 amide bonds. The van der Waals surface area contributed by atoms with Crippen molar-refractivity contribution >= 4 is 5.95 Å². The normalized spacial score (nSPS) is 17.8. The summed E-state index contributed by atoms with van der Waals surface area (Å²) in [5, 5.41) is 9.14. The largest absolute Gasteiger partial charge is 0.392 e. The van der Waals surface area contributed by atoms with Gasteiger partial charge in [0.25, 0.3) is 0 Å². The van der Waals surface area contributed by atoms with Crippen LogP contribution in [0.4, 0.5) is 5.95 Å². The third-order valence-electron chi connectivity index (χ3n) is 3.75. The number of hydrogen-bond acceptors (Lipinski definition) is 5. The minimum absolute atomic E-state index is 0.00388. The highest BCUT2D eigenvalue weighted by Gasteiger charge is 2.26. The van der Waals surface area contributed by atoms with Crippen LogP contribution in [0.3, 0.4) is 0 Å². The third kappa shape index (κ3) is 3.22. The van der Waals surface area contributed by atoms with Crippen LogP contribution in [-0.4, -0.2) is 51.7 Å². The Balaban J connectivity index is 2.04. The fraction of sp³-hybridized carbons (Fsp3) is 0.714. The van der Waals surface area contributed by atoms with Gasteiger partial charge in [0.05, 0.1) is 6.61 Å². The Morgan fingerprint density at radius 3 is 2.32 bits per heavy atom. The van der Waals surface area contributed by atoms with E-state index in [1.807, 2.05) is 6.92 Å². The average molecular weight is 264 g/mol. The van der Waals surface area contributed by atoms with Gasteiger partial charge in [-0.15, -0.1) is 0 Å². The molecule has 1 N–H and O–H groups in total. The summed E-state index contributed by atoms with van der Waals surface area (Å²) in [6.45, 7) is 12.6. The van der Waals surface area contributed by atoms with E-state index in [1.54, 1.807) is 6.20 Å². The fourth-order valence-electron chi connectivity index (χ4n) is 2.36. The average Bonchev–Trinajstić information content (AvgIpc) is 2.38. The van der Waals surface area contributed by atoms with Crippen LogP contribution in [0, 0.1) is 6.92 Å². The molecule has 1 aromatic heterocycles. The molecule has 0 spiro atoms. The number of aliphatic hydroxyl groups excluding tert-OH is 1. The van der Waals surface area contributed by atoms with Gasteiger partial charge in [-0.05, 0) is 27.7 Å². The van der Waals surface area contributed by atoms with E-state index < -0.39 is 0 Å². The van der Waals surface area contributed by atoms with Gasteiger partial charge in [0.1, 0.15) is 0 Å². The second-order valence-electron chi connectivity index (χ2n) is 6.08. The molecule has 5 nitrogen and oxygen atoms in total. The lowest BCUT2D eigenvalue weighted by Gasteiger charge is -2.42. The van der Waals surface area contributed by atoms with Crippen LogP contribution in [0.25, 0.3) is 0 Å². The first-order valence-corrected chi connectivity index (χ1v) is 6.85. The van der Waals surface area contributed by atoms with Crippen molar-refractivity contribution in [2.75, 3.05) is 31.1 Å². The Labute approximate surface area is 115 Å². The standard InChI is InChI=1S/C14H24N4O/c1-11-12(10-19)9-15-13(16-11)17-5-7-18(8-6-17)14(2,3)4/h9,19H,5-8,10H2,1-4H3. The van der Waals surface area contributed by atoms with Crippen molar-refractivity contribution in [1.29, 1.82) is 0 Å². The van der Waals surface area contributed by atoms with Crippen molar-refractivity contribution in [3.8, 4) is 0 Å². The molecule has 1 saturated heterocycles. The summed E-state index contributed by atoms with van der Waals surface area (Å²) in [7, 11) is 0. The van der Waals surface area contributed by atoms with E-state index in [-0.39, 0.29) is 12.1 Å². The Kier molecular flexibility index (Phi) is 4.06. The quantitative estimate of drug-likeness (QED) is 0.870. The number of aliphatic hydroxyl groups is 1. The van der Waals surface area contributed by atoms with Crippen LogP contribution in [0.2, 0.25) is 0 Å². The van der Waals surface area contributed by atoms with Crippen molar-refractivity contribution in [3.63, 3.8) is 0 Å². The van der Waals surface area contributed by atoms with Crippen LogP contribution in [0.15, 0.2) is 6.20 Å². The highest BCUT2D eigenvalue weighted by Crippen LogP contribution is 2.18.